The number of halogens is 1. The lowest BCUT2D eigenvalue weighted by Crippen LogP contribution is -2.92. The number of quaternary nitrogens is 1. The molecule has 1 saturated heterocycles. The Morgan fingerprint density at radius 3 is 2.86 bits per heavy atom. The Morgan fingerprint density at radius 1 is 1.43 bits per heavy atom. The van der Waals surface area contributed by atoms with Crippen LogP contribution >= 0.6 is 11.6 Å². The van der Waals surface area contributed by atoms with E-state index in [-0.39, 0.29) is 24.2 Å². The number of aliphatic hydroxyl groups excluding tert-OH is 1. The number of benzene rings is 1. The predicted octanol–water partition coefficient (Wildman–Crippen LogP) is -0.0320. The molecule has 0 amide bonds. The third kappa shape index (κ3) is 5.56. The van der Waals surface area contributed by atoms with E-state index >= 15 is 0 Å². The van der Waals surface area contributed by atoms with Gasteiger partial charge in [0.15, 0.2) is 9.84 Å². The second-order valence-electron chi connectivity index (χ2n) is 5.39. The van der Waals surface area contributed by atoms with E-state index in [1.54, 1.807) is 6.07 Å². The van der Waals surface area contributed by atoms with Gasteiger partial charge in [0.1, 0.15) is 24.4 Å². The molecule has 1 aromatic carbocycles. The Hall–Kier alpha value is -0.660. The normalized spacial score (nSPS) is 22.3. The summed E-state index contributed by atoms with van der Waals surface area (Å²) >= 11 is 6.01. The molecule has 1 aromatic rings. The second-order valence-corrected chi connectivity index (χ2v) is 8.03. The van der Waals surface area contributed by atoms with Gasteiger partial charge in [-0.2, -0.15) is 0 Å². The highest BCUT2D eigenvalue weighted by Gasteiger charge is 2.30. The highest BCUT2D eigenvalue weighted by molar-refractivity contribution is 7.91. The van der Waals surface area contributed by atoms with Gasteiger partial charge in [-0.1, -0.05) is 29.8 Å². The largest absolute Gasteiger partial charge is 0.385 e. The van der Waals surface area contributed by atoms with Crippen molar-refractivity contribution in [1.29, 1.82) is 0 Å². The molecule has 7 heteroatoms. The van der Waals surface area contributed by atoms with Crippen LogP contribution in [0.2, 0.25) is 5.02 Å². The molecule has 0 radical (unpaired) electrons. The van der Waals surface area contributed by atoms with E-state index in [1.165, 1.54) is 0 Å². The van der Waals surface area contributed by atoms with Gasteiger partial charge in [0, 0.05) is 11.4 Å². The van der Waals surface area contributed by atoms with Gasteiger partial charge < -0.3 is 15.2 Å². The van der Waals surface area contributed by atoms with Crippen LogP contribution in [-0.2, 0) is 21.2 Å². The summed E-state index contributed by atoms with van der Waals surface area (Å²) in [5.41, 5.74) is 0.886. The van der Waals surface area contributed by atoms with E-state index in [0.29, 0.717) is 24.6 Å². The quantitative estimate of drug-likeness (QED) is 0.733. The summed E-state index contributed by atoms with van der Waals surface area (Å²) in [6.07, 6.45) is 0.0472. The molecular formula is C14H21ClNO4S+. The van der Waals surface area contributed by atoms with E-state index in [1.807, 2.05) is 23.5 Å². The first-order valence-electron chi connectivity index (χ1n) is 6.99. The van der Waals surface area contributed by atoms with Gasteiger partial charge in [0.05, 0.1) is 19.0 Å². The number of hydrogen-bond donors (Lipinski definition) is 2. The zero-order valence-electron chi connectivity index (χ0n) is 11.7. The van der Waals surface area contributed by atoms with Gasteiger partial charge in [-0.05, 0) is 11.6 Å². The van der Waals surface area contributed by atoms with E-state index in [9.17, 15) is 13.5 Å². The smallest absolute Gasteiger partial charge is 0.156 e. The molecule has 0 unspecified atom stereocenters. The number of aliphatic hydroxyl groups is 1. The Labute approximate surface area is 130 Å². The molecule has 0 bridgehead atoms. The second kappa shape index (κ2) is 7.56. The van der Waals surface area contributed by atoms with Crippen molar-refractivity contribution in [3.8, 4) is 0 Å². The van der Waals surface area contributed by atoms with Crippen molar-refractivity contribution in [2.75, 3.05) is 24.7 Å². The molecule has 2 atom stereocenters. The van der Waals surface area contributed by atoms with Crippen LogP contribution in [0.3, 0.4) is 0 Å². The van der Waals surface area contributed by atoms with E-state index in [2.05, 4.69) is 0 Å². The Balaban J connectivity index is 1.64. The molecule has 2 rings (SSSR count). The van der Waals surface area contributed by atoms with E-state index in [4.69, 9.17) is 16.3 Å². The third-order valence-electron chi connectivity index (χ3n) is 3.53. The summed E-state index contributed by atoms with van der Waals surface area (Å²) in [5.74, 6) is 0.466. The molecule has 5 nitrogen and oxygen atoms in total. The first-order chi connectivity index (χ1) is 9.96. The highest BCUT2D eigenvalue weighted by Crippen LogP contribution is 2.15. The summed E-state index contributed by atoms with van der Waals surface area (Å²) in [6.45, 7) is 1.01. The lowest BCUT2D eigenvalue weighted by Gasteiger charge is -2.13. The minimum atomic E-state index is -2.86. The maximum atomic E-state index is 11.3. The van der Waals surface area contributed by atoms with Crippen LogP contribution in [0.1, 0.15) is 12.0 Å². The molecule has 0 aromatic heterocycles. The van der Waals surface area contributed by atoms with Gasteiger partial charge in [0.2, 0.25) is 0 Å². The average Bonchev–Trinajstić information content (AvgIpc) is 2.78. The first kappa shape index (κ1) is 16.7. The third-order valence-corrected chi connectivity index (χ3v) is 5.70. The summed E-state index contributed by atoms with van der Waals surface area (Å²) in [6, 6.07) is 7.48. The standard InChI is InChI=1S/C14H20ClNO4S/c15-14-4-2-1-3-11(14)8-20-9-13(17)7-16-12-5-6-21(18,19)10-12/h1-4,12-13,16-17H,5-10H2/p+1/t12-,13-/m1/s1. The van der Waals surface area contributed by atoms with Crippen molar-refractivity contribution in [3.05, 3.63) is 34.9 Å². The van der Waals surface area contributed by atoms with Crippen molar-refractivity contribution >= 4 is 21.4 Å². The maximum absolute atomic E-state index is 11.3. The van der Waals surface area contributed by atoms with Crippen LogP contribution in [0, 0.1) is 0 Å². The average molecular weight is 335 g/mol. The molecule has 1 fully saturated rings. The molecule has 0 saturated carbocycles. The van der Waals surface area contributed by atoms with Crippen LogP contribution in [0.15, 0.2) is 24.3 Å². The summed E-state index contributed by atoms with van der Waals surface area (Å²) in [5, 5.41) is 12.4. The van der Waals surface area contributed by atoms with Crippen molar-refractivity contribution in [3.63, 3.8) is 0 Å². The van der Waals surface area contributed by atoms with Crippen molar-refractivity contribution in [1.82, 2.24) is 0 Å². The van der Waals surface area contributed by atoms with Gasteiger partial charge in [-0.15, -0.1) is 0 Å². The Morgan fingerprint density at radius 2 is 2.19 bits per heavy atom. The van der Waals surface area contributed by atoms with E-state index in [0.717, 1.165) is 5.56 Å². The molecule has 1 heterocycles. The number of nitrogens with two attached hydrogens (primary N) is 1. The van der Waals surface area contributed by atoms with Crippen LogP contribution in [0.4, 0.5) is 0 Å². The first-order valence-corrected chi connectivity index (χ1v) is 9.19. The van der Waals surface area contributed by atoms with Gasteiger partial charge in [-0.25, -0.2) is 8.42 Å². The number of sulfone groups is 1. The predicted molar refractivity (Wildman–Crippen MR) is 81.0 cm³/mol. The maximum Gasteiger partial charge on any atom is 0.156 e. The molecule has 1 aliphatic heterocycles. The Bertz CT molecular complexity index is 564. The minimum Gasteiger partial charge on any atom is -0.385 e. The van der Waals surface area contributed by atoms with Crippen LogP contribution < -0.4 is 5.32 Å². The number of rotatable bonds is 7. The molecule has 0 aliphatic carbocycles. The topological polar surface area (TPSA) is 80.2 Å². The number of hydrogen-bond acceptors (Lipinski definition) is 4. The molecule has 118 valence electrons. The lowest BCUT2D eigenvalue weighted by molar-refractivity contribution is -0.690. The minimum absolute atomic E-state index is 0.0632. The SMILES string of the molecule is O=S1(=O)CC[C@@H]([NH2+]C[C@@H](O)COCc2ccccc2Cl)C1. The number of ether oxygens (including phenoxy) is 1. The van der Waals surface area contributed by atoms with Gasteiger partial charge >= 0.3 is 0 Å². The Kier molecular flexibility index (Phi) is 6.01. The zero-order valence-corrected chi connectivity index (χ0v) is 13.3. The molecule has 21 heavy (non-hydrogen) atoms. The summed E-state index contributed by atoms with van der Waals surface area (Å²) in [4.78, 5) is 0. The van der Waals surface area contributed by atoms with Crippen molar-refractivity contribution < 1.29 is 23.6 Å². The zero-order chi connectivity index (χ0) is 15.3. The summed E-state index contributed by atoms with van der Waals surface area (Å²) in [7, 11) is -2.86. The molecule has 1 aliphatic rings. The van der Waals surface area contributed by atoms with Gasteiger partial charge in [0.25, 0.3) is 0 Å². The van der Waals surface area contributed by atoms with Crippen LogP contribution in [0.25, 0.3) is 0 Å². The molecule has 0 spiro atoms. The fourth-order valence-electron chi connectivity index (χ4n) is 2.35. The van der Waals surface area contributed by atoms with Crippen LogP contribution in [0.5, 0.6) is 0 Å². The van der Waals surface area contributed by atoms with E-state index < -0.39 is 15.9 Å². The fraction of sp³-hybridized carbons (Fsp3) is 0.571. The van der Waals surface area contributed by atoms with Crippen molar-refractivity contribution in [2.45, 2.75) is 25.2 Å². The molecular weight excluding hydrogens is 314 g/mol. The highest BCUT2D eigenvalue weighted by atomic mass is 35.5. The summed E-state index contributed by atoms with van der Waals surface area (Å²) < 4.78 is 28.1. The van der Waals surface area contributed by atoms with Crippen LogP contribution in [-0.4, -0.2) is 50.3 Å². The fourth-order valence-corrected chi connectivity index (χ4v) is 4.32. The lowest BCUT2D eigenvalue weighted by atomic mass is 10.2. The molecule has 3 N–H and O–H groups in total. The monoisotopic (exact) mass is 334 g/mol. The van der Waals surface area contributed by atoms with Crippen molar-refractivity contribution in [2.24, 2.45) is 0 Å². The van der Waals surface area contributed by atoms with Gasteiger partial charge in [-0.3, -0.25) is 0 Å².